The first-order valence-electron chi connectivity index (χ1n) is 9.73. The zero-order valence-electron chi connectivity index (χ0n) is 16.1. The van der Waals surface area contributed by atoms with E-state index >= 15 is 0 Å². The van der Waals surface area contributed by atoms with Crippen LogP contribution in [0.3, 0.4) is 0 Å². The van der Waals surface area contributed by atoms with Gasteiger partial charge in [-0.2, -0.15) is 0 Å². The zero-order chi connectivity index (χ0) is 19.2. The Kier molecular flexibility index (Phi) is 6.75. The molecule has 0 saturated carbocycles. The van der Waals surface area contributed by atoms with Crippen molar-refractivity contribution < 1.29 is 5.11 Å². The van der Waals surface area contributed by atoms with E-state index in [-0.39, 0.29) is 6.04 Å². The Morgan fingerprint density at radius 2 is 1.93 bits per heavy atom. The van der Waals surface area contributed by atoms with Crippen LogP contribution in [0.15, 0.2) is 41.4 Å². The summed E-state index contributed by atoms with van der Waals surface area (Å²) in [5.74, 6) is 0.357. The first kappa shape index (κ1) is 19.7. The van der Waals surface area contributed by atoms with Gasteiger partial charge >= 0.3 is 0 Å². The fourth-order valence-corrected chi connectivity index (χ4v) is 3.76. The number of aromatic hydroxyl groups is 1. The summed E-state index contributed by atoms with van der Waals surface area (Å²) in [7, 11) is 0. The van der Waals surface area contributed by atoms with Crippen LogP contribution in [0.5, 0.6) is 5.75 Å². The minimum Gasteiger partial charge on any atom is -0.508 e. The van der Waals surface area contributed by atoms with E-state index < -0.39 is 0 Å². The first-order chi connectivity index (χ1) is 13.1. The summed E-state index contributed by atoms with van der Waals surface area (Å²) >= 11 is 6.10. The predicted molar refractivity (Wildman–Crippen MR) is 115 cm³/mol. The van der Waals surface area contributed by atoms with Crippen LogP contribution in [0.1, 0.15) is 50.3 Å². The van der Waals surface area contributed by atoms with E-state index in [1.54, 1.807) is 6.07 Å². The molecule has 1 aliphatic heterocycles. The van der Waals surface area contributed by atoms with Gasteiger partial charge in [-0.1, -0.05) is 31.5 Å². The molecule has 0 saturated heterocycles. The number of hydrogen-bond acceptors (Lipinski definition) is 4. The molecule has 3 rings (SSSR count). The SMILES string of the molecule is CCCN(CCC)Cc1cc(NC2CC=Nc3cc(Cl)ccc32)ccc1O. The van der Waals surface area contributed by atoms with E-state index in [4.69, 9.17) is 11.6 Å². The van der Waals surface area contributed by atoms with Crippen LogP contribution in [-0.2, 0) is 6.54 Å². The van der Waals surface area contributed by atoms with E-state index in [0.717, 1.165) is 61.4 Å². The van der Waals surface area contributed by atoms with E-state index in [1.807, 2.05) is 30.5 Å². The summed E-state index contributed by atoms with van der Waals surface area (Å²) in [5, 5.41) is 14.6. The van der Waals surface area contributed by atoms with Crippen LogP contribution in [-0.4, -0.2) is 29.3 Å². The monoisotopic (exact) mass is 385 g/mol. The largest absolute Gasteiger partial charge is 0.508 e. The molecule has 2 N–H and O–H groups in total. The Morgan fingerprint density at radius 1 is 1.15 bits per heavy atom. The first-order valence-corrected chi connectivity index (χ1v) is 10.1. The van der Waals surface area contributed by atoms with Crippen LogP contribution >= 0.6 is 11.6 Å². The highest BCUT2D eigenvalue weighted by Crippen LogP contribution is 2.36. The second-order valence-corrected chi connectivity index (χ2v) is 7.50. The molecular formula is C22H28ClN3O. The minimum absolute atomic E-state index is 0.148. The number of halogens is 1. The van der Waals surface area contributed by atoms with Crippen LogP contribution in [0.2, 0.25) is 5.02 Å². The summed E-state index contributed by atoms with van der Waals surface area (Å²) in [6.45, 7) is 7.22. The normalized spacial score (nSPS) is 15.8. The quantitative estimate of drug-likeness (QED) is 0.554. The lowest BCUT2D eigenvalue weighted by molar-refractivity contribution is 0.263. The molecule has 0 radical (unpaired) electrons. The fourth-order valence-electron chi connectivity index (χ4n) is 3.59. The third-order valence-corrected chi connectivity index (χ3v) is 5.07. The Morgan fingerprint density at radius 3 is 2.67 bits per heavy atom. The molecular weight excluding hydrogens is 358 g/mol. The van der Waals surface area contributed by atoms with Crippen molar-refractivity contribution in [3.05, 3.63) is 52.5 Å². The molecule has 144 valence electrons. The lowest BCUT2D eigenvalue weighted by Crippen LogP contribution is -2.25. The van der Waals surface area contributed by atoms with Gasteiger partial charge in [0.15, 0.2) is 0 Å². The molecule has 1 heterocycles. The minimum atomic E-state index is 0.148. The lowest BCUT2D eigenvalue weighted by Gasteiger charge is -2.25. The van der Waals surface area contributed by atoms with Crippen molar-refractivity contribution in [2.24, 2.45) is 4.99 Å². The average Bonchev–Trinajstić information content (AvgIpc) is 2.65. The number of aliphatic imine (C=N–C) groups is 1. The zero-order valence-corrected chi connectivity index (χ0v) is 16.8. The van der Waals surface area contributed by atoms with Gasteiger partial charge in [0.25, 0.3) is 0 Å². The summed E-state index contributed by atoms with van der Waals surface area (Å²) in [6, 6.07) is 11.8. The summed E-state index contributed by atoms with van der Waals surface area (Å²) in [5.41, 5.74) is 4.04. The molecule has 0 aliphatic carbocycles. The van der Waals surface area contributed by atoms with Gasteiger partial charge in [-0.3, -0.25) is 9.89 Å². The van der Waals surface area contributed by atoms with E-state index in [1.165, 1.54) is 0 Å². The summed E-state index contributed by atoms with van der Waals surface area (Å²) in [4.78, 5) is 6.85. The van der Waals surface area contributed by atoms with E-state index in [2.05, 4.69) is 35.1 Å². The molecule has 2 aromatic rings. The van der Waals surface area contributed by atoms with Gasteiger partial charge in [0.05, 0.1) is 11.7 Å². The summed E-state index contributed by atoms with van der Waals surface area (Å²) in [6.07, 6.45) is 4.98. The number of phenols is 1. The molecule has 1 unspecified atom stereocenters. The maximum atomic E-state index is 10.3. The fraction of sp³-hybridized carbons (Fsp3) is 0.409. The van der Waals surface area contributed by atoms with Gasteiger partial charge in [-0.05, 0) is 56.3 Å². The van der Waals surface area contributed by atoms with Crippen molar-refractivity contribution >= 4 is 29.2 Å². The third-order valence-electron chi connectivity index (χ3n) is 4.83. The van der Waals surface area contributed by atoms with Gasteiger partial charge in [0.2, 0.25) is 0 Å². The van der Waals surface area contributed by atoms with Crippen molar-refractivity contribution in [1.29, 1.82) is 0 Å². The van der Waals surface area contributed by atoms with Crippen molar-refractivity contribution in [3.63, 3.8) is 0 Å². The standard InChI is InChI=1S/C22H28ClN3O/c1-3-11-26(12-4-2)15-16-13-18(6-8-22(16)27)25-20-9-10-24-21-14-17(23)5-7-19(20)21/h5-8,10,13-14,20,25,27H,3-4,9,11-12,15H2,1-2H3. The number of phenolic OH excluding ortho intramolecular Hbond substituents is 1. The smallest absolute Gasteiger partial charge is 0.120 e. The van der Waals surface area contributed by atoms with Crippen molar-refractivity contribution in [2.45, 2.75) is 45.7 Å². The Hall–Kier alpha value is -2.04. The lowest BCUT2D eigenvalue weighted by atomic mass is 9.99. The molecule has 4 nitrogen and oxygen atoms in total. The Bertz CT molecular complexity index is 800. The number of nitrogens with one attached hydrogen (secondary N) is 1. The van der Waals surface area contributed by atoms with Crippen LogP contribution in [0.25, 0.3) is 0 Å². The second kappa shape index (κ2) is 9.25. The van der Waals surface area contributed by atoms with Gasteiger partial charge in [0.1, 0.15) is 5.75 Å². The molecule has 27 heavy (non-hydrogen) atoms. The molecule has 1 aliphatic rings. The molecule has 0 aromatic heterocycles. The predicted octanol–water partition coefficient (Wildman–Crippen LogP) is 5.93. The summed E-state index contributed by atoms with van der Waals surface area (Å²) < 4.78 is 0. The van der Waals surface area contributed by atoms with Crippen molar-refractivity contribution in [3.8, 4) is 5.75 Å². The van der Waals surface area contributed by atoms with Crippen LogP contribution in [0, 0.1) is 0 Å². The average molecular weight is 386 g/mol. The maximum Gasteiger partial charge on any atom is 0.120 e. The third kappa shape index (κ3) is 5.02. The van der Waals surface area contributed by atoms with Crippen molar-refractivity contribution in [1.82, 2.24) is 4.90 Å². The highest BCUT2D eigenvalue weighted by molar-refractivity contribution is 6.30. The molecule has 0 fully saturated rings. The molecule has 0 bridgehead atoms. The van der Waals surface area contributed by atoms with E-state index in [9.17, 15) is 5.11 Å². The number of hydrogen-bond donors (Lipinski definition) is 2. The highest BCUT2D eigenvalue weighted by atomic mass is 35.5. The van der Waals surface area contributed by atoms with Gasteiger partial charge in [-0.15, -0.1) is 0 Å². The van der Waals surface area contributed by atoms with Crippen LogP contribution < -0.4 is 5.32 Å². The highest BCUT2D eigenvalue weighted by Gasteiger charge is 2.19. The maximum absolute atomic E-state index is 10.3. The van der Waals surface area contributed by atoms with Gasteiger partial charge < -0.3 is 10.4 Å². The van der Waals surface area contributed by atoms with E-state index in [0.29, 0.717) is 10.8 Å². The molecule has 0 spiro atoms. The molecule has 0 amide bonds. The number of benzene rings is 2. The molecule has 1 atom stereocenters. The molecule has 5 heteroatoms. The van der Waals surface area contributed by atoms with Crippen LogP contribution in [0.4, 0.5) is 11.4 Å². The number of anilines is 1. The van der Waals surface area contributed by atoms with Crippen molar-refractivity contribution in [2.75, 3.05) is 18.4 Å². The van der Waals surface area contributed by atoms with Gasteiger partial charge in [0, 0.05) is 41.0 Å². The Balaban J connectivity index is 1.78. The second-order valence-electron chi connectivity index (χ2n) is 7.07. The molecule has 2 aromatic carbocycles. The Labute approximate surface area is 166 Å². The van der Waals surface area contributed by atoms with Gasteiger partial charge in [-0.25, -0.2) is 0 Å². The number of fused-ring (bicyclic) bond motifs is 1. The topological polar surface area (TPSA) is 47.9 Å². The number of nitrogens with zero attached hydrogens (tertiary/aromatic N) is 2. The number of rotatable bonds is 8.